The third-order valence-corrected chi connectivity index (χ3v) is 5.49. The van der Waals surface area contributed by atoms with Crippen molar-refractivity contribution < 1.29 is 4.79 Å². The predicted octanol–water partition coefficient (Wildman–Crippen LogP) is 4.57. The van der Waals surface area contributed by atoms with Gasteiger partial charge in [-0.3, -0.25) is 9.36 Å². The monoisotopic (exact) mass is 485 g/mol. The lowest BCUT2D eigenvalue weighted by Gasteiger charge is -2.11. The lowest BCUT2D eigenvalue weighted by Crippen LogP contribution is -2.05. The van der Waals surface area contributed by atoms with Crippen LogP contribution in [0.2, 0.25) is 0 Å². The number of halogens is 1. The minimum Gasteiger partial charge on any atom is -0.383 e. The lowest BCUT2D eigenvalue weighted by atomic mass is 10.1. The number of fused-ring (bicyclic) bond motifs is 1. The summed E-state index contributed by atoms with van der Waals surface area (Å²) in [5.41, 5.74) is 18.4. The standard InChI is InChI=1S/C26H23N7O.ClH/c1-16(34)30-19-5-2-4-18(14-19)22-11-12-23-26(31-22)33(20-9-7-17(15-27)8-10-20)25(32-23)21-6-3-13-29-24(21)28;/h2-14H,15,27H2,1H3,(H2,28,29)(H,30,34);1H. The summed E-state index contributed by atoms with van der Waals surface area (Å²) in [7, 11) is 0. The molecule has 9 heteroatoms. The average Bonchev–Trinajstić information content (AvgIpc) is 3.22. The zero-order valence-corrected chi connectivity index (χ0v) is 19.8. The fraction of sp³-hybridized carbons (Fsp3) is 0.0769. The van der Waals surface area contributed by atoms with Crippen LogP contribution in [-0.4, -0.2) is 25.4 Å². The summed E-state index contributed by atoms with van der Waals surface area (Å²) in [6.45, 7) is 1.94. The Hall–Kier alpha value is -4.27. The van der Waals surface area contributed by atoms with Crippen molar-refractivity contribution in [2.24, 2.45) is 5.73 Å². The molecule has 0 saturated heterocycles. The molecule has 35 heavy (non-hydrogen) atoms. The molecule has 0 bridgehead atoms. The second kappa shape index (κ2) is 9.92. The molecule has 176 valence electrons. The number of nitrogens with one attached hydrogen (secondary N) is 1. The van der Waals surface area contributed by atoms with E-state index in [0.717, 1.165) is 33.6 Å². The first-order valence-corrected chi connectivity index (χ1v) is 10.8. The van der Waals surface area contributed by atoms with E-state index in [9.17, 15) is 4.79 Å². The van der Waals surface area contributed by atoms with Gasteiger partial charge in [0.2, 0.25) is 5.91 Å². The quantitative estimate of drug-likeness (QED) is 0.335. The molecule has 1 amide bonds. The molecule has 0 fully saturated rings. The van der Waals surface area contributed by atoms with Gasteiger partial charge in [0.1, 0.15) is 11.3 Å². The molecule has 0 aliphatic carbocycles. The van der Waals surface area contributed by atoms with E-state index in [1.807, 2.05) is 77.4 Å². The molecule has 5 rings (SSSR count). The maximum absolute atomic E-state index is 11.5. The van der Waals surface area contributed by atoms with Crippen LogP contribution in [-0.2, 0) is 11.3 Å². The van der Waals surface area contributed by atoms with Crippen LogP contribution in [0, 0.1) is 0 Å². The van der Waals surface area contributed by atoms with Gasteiger partial charge in [-0.1, -0.05) is 24.3 Å². The summed E-state index contributed by atoms with van der Waals surface area (Å²) in [5, 5.41) is 2.82. The summed E-state index contributed by atoms with van der Waals surface area (Å²) < 4.78 is 1.98. The van der Waals surface area contributed by atoms with E-state index < -0.39 is 0 Å². The Balaban J connectivity index is 0.00000289. The van der Waals surface area contributed by atoms with Crippen molar-refractivity contribution in [2.45, 2.75) is 13.5 Å². The van der Waals surface area contributed by atoms with Gasteiger partial charge in [-0.25, -0.2) is 15.0 Å². The third-order valence-electron chi connectivity index (χ3n) is 5.49. The number of pyridine rings is 2. The van der Waals surface area contributed by atoms with Crippen molar-refractivity contribution in [2.75, 3.05) is 11.1 Å². The van der Waals surface area contributed by atoms with Crippen LogP contribution in [0.25, 0.3) is 39.5 Å². The van der Waals surface area contributed by atoms with Crippen LogP contribution in [0.4, 0.5) is 11.5 Å². The van der Waals surface area contributed by atoms with Crippen LogP contribution in [0.15, 0.2) is 79.0 Å². The molecule has 3 aromatic heterocycles. The van der Waals surface area contributed by atoms with Gasteiger partial charge >= 0.3 is 0 Å². The third kappa shape index (κ3) is 4.70. The molecule has 2 aromatic carbocycles. The Kier molecular flexibility index (Phi) is 6.77. The highest BCUT2D eigenvalue weighted by atomic mass is 35.5. The van der Waals surface area contributed by atoms with E-state index >= 15 is 0 Å². The van der Waals surface area contributed by atoms with Gasteiger partial charge in [0.25, 0.3) is 0 Å². The van der Waals surface area contributed by atoms with E-state index in [2.05, 4.69) is 10.3 Å². The second-order valence-corrected chi connectivity index (χ2v) is 7.88. The largest absolute Gasteiger partial charge is 0.383 e. The number of imidazole rings is 1. The van der Waals surface area contributed by atoms with Gasteiger partial charge in [-0.05, 0) is 54.1 Å². The number of anilines is 2. The molecule has 5 aromatic rings. The van der Waals surface area contributed by atoms with E-state index in [-0.39, 0.29) is 18.3 Å². The highest BCUT2D eigenvalue weighted by molar-refractivity contribution is 5.90. The van der Waals surface area contributed by atoms with Crippen molar-refractivity contribution in [3.8, 4) is 28.3 Å². The predicted molar refractivity (Wildman–Crippen MR) is 141 cm³/mol. The van der Waals surface area contributed by atoms with Crippen LogP contribution >= 0.6 is 12.4 Å². The number of carbonyl (C=O) groups is 1. The van der Waals surface area contributed by atoms with Crippen LogP contribution in [0.1, 0.15) is 12.5 Å². The summed E-state index contributed by atoms with van der Waals surface area (Å²) in [6, 6.07) is 23.1. The Morgan fingerprint density at radius 2 is 1.80 bits per heavy atom. The smallest absolute Gasteiger partial charge is 0.221 e. The minimum atomic E-state index is -0.127. The molecular formula is C26H24ClN7O. The van der Waals surface area contributed by atoms with Crippen molar-refractivity contribution in [3.05, 3.63) is 84.6 Å². The first kappa shape index (κ1) is 23.9. The Bertz CT molecular complexity index is 1510. The first-order chi connectivity index (χ1) is 16.5. The Morgan fingerprint density at radius 3 is 2.51 bits per heavy atom. The van der Waals surface area contributed by atoms with Crippen LogP contribution in [0.5, 0.6) is 0 Å². The van der Waals surface area contributed by atoms with Gasteiger partial charge in [0, 0.05) is 36.6 Å². The van der Waals surface area contributed by atoms with Crippen molar-refractivity contribution in [1.29, 1.82) is 0 Å². The van der Waals surface area contributed by atoms with Gasteiger partial charge in [0.05, 0.1) is 11.3 Å². The normalized spacial score (nSPS) is 10.7. The van der Waals surface area contributed by atoms with Crippen molar-refractivity contribution >= 4 is 41.0 Å². The topological polar surface area (TPSA) is 125 Å². The van der Waals surface area contributed by atoms with Crippen molar-refractivity contribution in [3.63, 3.8) is 0 Å². The molecule has 0 aliphatic rings. The van der Waals surface area contributed by atoms with E-state index in [1.54, 1.807) is 6.20 Å². The second-order valence-electron chi connectivity index (χ2n) is 7.88. The number of hydrogen-bond acceptors (Lipinski definition) is 6. The number of amides is 1. The summed E-state index contributed by atoms with van der Waals surface area (Å²) >= 11 is 0. The number of nitrogen functional groups attached to an aromatic ring is 1. The molecule has 0 atom stereocenters. The zero-order chi connectivity index (χ0) is 23.7. The molecule has 0 unspecified atom stereocenters. The number of nitrogens with zero attached hydrogens (tertiary/aromatic N) is 4. The summed E-state index contributed by atoms with van der Waals surface area (Å²) in [6.07, 6.45) is 1.65. The zero-order valence-electron chi connectivity index (χ0n) is 19.0. The maximum atomic E-state index is 11.5. The van der Waals surface area contributed by atoms with Gasteiger partial charge in [-0.2, -0.15) is 0 Å². The summed E-state index contributed by atoms with van der Waals surface area (Å²) in [5.74, 6) is 0.914. The number of aromatic nitrogens is 4. The Morgan fingerprint density at radius 1 is 1.00 bits per heavy atom. The van der Waals surface area contributed by atoms with E-state index in [1.165, 1.54) is 6.92 Å². The Labute approximate surface area is 208 Å². The van der Waals surface area contributed by atoms with Crippen LogP contribution in [0.3, 0.4) is 0 Å². The maximum Gasteiger partial charge on any atom is 0.221 e. The molecule has 5 N–H and O–H groups in total. The van der Waals surface area contributed by atoms with Crippen molar-refractivity contribution in [1.82, 2.24) is 19.5 Å². The molecule has 0 radical (unpaired) electrons. The van der Waals surface area contributed by atoms with E-state index in [0.29, 0.717) is 29.5 Å². The fourth-order valence-electron chi connectivity index (χ4n) is 3.89. The fourth-order valence-corrected chi connectivity index (χ4v) is 3.89. The van der Waals surface area contributed by atoms with Gasteiger partial charge in [0.15, 0.2) is 11.5 Å². The molecule has 8 nitrogen and oxygen atoms in total. The highest BCUT2D eigenvalue weighted by Gasteiger charge is 2.18. The number of nitrogens with two attached hydrogens (primary N) is 2. The first-order valence-electron chi connectivity index (χ1n) is 10.8. The highest BCUT2D eigenvalue weighted by Crippen LogP contribution is 2.32. The number of hydrogen-bond donors (Lipinski definition) is 3. The minimum absolute atomic E-state index is 0. The number of rotatable bonds is 5. The molecular weight excluding hydrogens is 462 g/mol. The molecule has 0 saturated carbocycles. The van der Waals surface area contributed by atoms with Gasteiger partial charge < -0.3 is 16.8 Å². The number of carbonyl (C=O) groups excluding carboxylic acids is 1. The molecule has 0 aliphatic heterocycles. The van der Waals surface area contributed by atoms with Crippen LogP contribution < -0.4 is 16.8 Å². The molecule has 3 heterocycles. The number of benzene rings is 2. The van der Waals surface area contributed by atoms with Gasteiger partial charge in [-0.15, -0.1) is 12.4 Å². The average molecular weight is 486 g/mol. The summed E-state index contributed by atoms with van der Waals surface area (Å²) in [4.78, 5) is 25.5. The lowest BCUT2D eigenvalue weighted by molar-refractivity contribution is -0.114. The SMILES string of the molecule is CC(=O)Nc1cccc(-c2ccc3nc(-c4cccnc4N)n(-c4ccc(CN)cc4)c3n2)c1.Cl. The molecule has 0 spiro atoms. The van der Waals surface area contributed by atoms with E-state index in [4.69, 9.17) is 21.4 Å².